The van der Waals surface area contributed by atoms with E-state index in [2.05, 4.69) is 21.2 Å². The summed E-state index contributed by atoms with van der Waals surface area (Å²) in [6.07, 6.45) is 0. The van der Waals surface area contributed by atoms with Gasteiger partial charge in [-0.15, -0.1) is 11.8 Å². The molecule has 4 nitrogen and oxygen atoms in total. The lowest BCUT2D eigenvalue weighted by molar-refractivity contribution is -0.120. The third-order valence-corrected chi connectivity index (χ3v) is 3.68. The first-order valence-corrected chi connectivity index (χ1v) is 7.21. The zero-order valence-corrected chi connectivity index (χ0v) is 12.5. The van der Waals surface area contributed by atoms with Crippen LogP contribution in [0, 0.1) is 0 Å². The third kappa shape index (κ3) is 5.86. The molecule has 0 aliphatic carbocycles. The summed E-state index contributed by atoms with van der Waals surface area (Å²) in [7, 11) is 1.53. The summed E-state index contributed by atoms with van der Waals surface area (Å²) in [5.74, 6) is 0.209. The van der Waals surface area contributed by atoms with Crippen LogP contribution in [0.15, 0.2) is 33.6 Å². The molecule has 0 aliphatic heterocycles. The van der Waals surface area contributed by atoms with Crippen LogP contribution >= 0.6 is 27.7 Å². The summed E-state index contributed by atoms with van der Waals surface area (Å²) in [6.45, 7) is 0.188. The highest BCUT2D eigenvalue weighted by molar-refractivity contribution is 9.10. The Morgan fingerprint density at radius 1 is 1.50 bits per heavy atom. The Morgan fingerprint density at radius 2 is 2.17 bits per heavy atom. The number of methoxy groups -OCH3 is 1. The van der Waals surface area contributed by atoms with E-state index in [0.717, 1.165) is 9.37 Å². The minimum atomic E-state index is -0.340. The number of amides is 1. The van der Waals surface area contributed by atoms with Crippen LogP contribution < -0.4 is 5.32 Å². The van der Waals surface area contributed by atoms with E-state index in [-0.39, 0.29) is 18.6 Å². The molecule has 1 unspecified atom stereocenters. The summed E-state index contributed by atoms with van der Waals surface area (Å²) >= 11 is 4.81. The molecule has 6 heteroatoms. The van der Waals surface area contributed by atoms with Crippen LogP contribution in [0.2, 0.25) is 0 Å². The second kappa shape index (κ2) is 8.53. The highest BCUT2D eigenvalue weighted by Crippen LogP contribution is 2.20. The number of nitrogens with one attached hydrogen (secondary N) is 1. The van der Waals surface area contributed by atoms with Gasteiger partial charge in [0, 0.05) is 16.5 Å². The zero-order chi connectivity index (χ0) is 13.4. The van der Waals surface area contributed by atoms with Crippen LogP contribution in [0.1, 0.15) is 0 Å². The molecule has 1 amide bonds. The van der Waals surface area contributed by atoms with E-state index in [1.807, 2.05) is 24.3 Å². The summed E-state index contributed by atoms with van der Waals surface area (Å²) in [5, 5.41) is 11.7. The van der Waals surface area contributed by atoms with E-state index in [4.69, 9.17) is 9.84 Å². The number of halogens is 1. The molecule has 0 bridgehead atoms. The van der Waals surface area contributed by atoms with Crippen molar-refractivity contribution >= 4 is 33.6 Å². The van der Waals surface area contributed by atoms with Crippen molar-refractivity contribution in [3.8, 4) is 0 Å². The molecule has 1 aromatic rings. The SMILES string of the molecule is COCC(CO)NC(=O)CSc1ccc(Br)cc1. The standard InChI is InChI=1S/C12H16BrNO3S/c1-17-7-10(6-15)14-12(16)8-18-11-4-2-9(13)3-5-11/h2-5,10,15H,6-8H2,1H3,(H,14,16). The Kier molecular flexibility index (Phi) is 7.34. The number of benzene rings is 1. The second-order valence-electron chi connectivity index (χ2n) is 3.64. The summed E-state index contributed by atoms with van der Waals surface area (Å²) in [6, 6.07) is 7.41. The van der Waals surface area contributed by atoms with Gasteiger partial charge in [0.1, 0.15) is 0 Å². The van der Waals surface area contributed by atoms with Gasteiger partial charge >= 0.3 is 0 Å². The Bertz CT molecular complexity index is 372. The number of aliphatic hydroxyl groups excluding tert-OH is 1. The van der Waals surface area contributed by atoms with Gasteiger partial charge in [0.2, 0.25) is 5.91 Å². The Balaban J connectivity index is 2.34. The lowest BCUT2D eigenvalue weighted by Crippen LogP contribution is -2.41. The van der Waals surface area contributed by atoms with E-state index in [9.17, 15) is 4.79 Å². The molecular formula is C12H16BrNO3S. The first-order valence-electron chi connectivity index (χ1n) is 5.43. The van der Waals surface area contributed by atoms with Gasteiger partial charge in [-0.1, -0.05) is 15.9 Å². The molecule has 0 spiro atoms. The van der Waals surface area contributed by atoms with Crippen LogP contribution in [0.5, 0.6) is 0 Å². The highest BCUT2D eigenvalue weighted by Gasteiger charge is 2.11. The third-order valence-electron chi connectivity index (χ3n) is 2.14. The molecular weight excluding hydrogens is 318 g/mol. The maximum Gasteiger partial charge on any atom is 0.230 e. The van der Waals surface area contributed by atoms with Crippen LogP contribution in [0.25, 0.3) is 0 Å². The number of thioether (sulfide) groups is 1. The zero-order valence-electron chi connectivity index (χ0n) is 10.1. The molecule has 1 aromatic carbocycles. The van der Waals surface area contributed by atoms with Gasteiger partial charge in [0.05, 0.1) is 25.0 Å². The second-order valence-corrected chi connectivity index (χ2v) is 5.61. The maximum absolute atomic E-state index is 11.6. The molecule has 1 rings (SSSR count). The average molecular weight is 334 g/mol. The van der Waals surface area contributed by atoms with E-state index >= 15 is 0 Å². The van der Waals surface area contributed by atoms with Crippen molar-refractivity contribution in [3.63, 3.8) is 0 Å². The largest absolute Gasteiger partial charge is 0.394 e. The Hall–Kier alpha value is -0.560. The number of rotatable bonds is 7. The van der Waals surface area contributed by atoms with Crippen molar-refractivity contribution in [1.29, 1.82) is 0 Å². The van der Waals surface area contributed by atoms with Crippen molar-refractivity contribution in [2.24, 2.45) is 0 Å². The van der Waals surface area contributed by atoms with Crippen LogP contribution in [-0.2, 0) is 9.53 Å². The Labute approximate surface area is 119 Å². The van der Waals surface area contributed by atoms with E-state index in [1.165, 1.54) is 18.9 Å². The van der Waals surface area contributed by atoms with Crippen LogP contribution in [-0.4, -0.2) is 43.1 Å². The van der Waals surface area contributed by atoms with Crippen molar-refractivity contribution < 1.29 is 14.6 Å². The molecule has 0 fully saturated rings. The molecule has 18 heavy (non-hydrogen) atoms. The van der Waals surface area contributed by atoms with E-state index in [0.29, 0.717) is 12.4 Å². The van der Waals surface area contributed by atoms with Gasteiger partial charge in [-0.05, 0) is 24.3 Å². The predicted octanol–water partition coefficient (Wildman–Crippen LogP) is 1.66. The smallest absolute Gasteiger partial charge is 0.230 e. The van der Waals surface area contributed by atoms with Gasteiger partial charge in [-0.3, -0.25) is 4.79 Å². The molecule has 0 radical (unpaired) electrons. The molecule has 1 atom stereocenters. The number of aliphatic hydroxyl groups is 1. The molecule has 0 saturated carbocycles. The Morgan fingerprint density at radius 3 is 2.72 bits per heavy atom. The number of carbonyl (C=O) groups excluding carboxylic acids is 1. The maximum atomic E-state index is 11.6. The molecule has 0 saturated heterocycles. The van der Waals surface area contributed by atoms with Crippen molar-refractivity contribution in [3.05, 3.63) is 28.7 Å². The summed E-state index contributed by atoms with van der Waals surface area (Å²) < 4.78 is 5.90. The molecule has 0 aliphatic rings. The normalized spacial score (nSPS) is 12.2. The molecule has 0 aromatic heterocycles. The van der Waals surface area contributed by atoms with Crippen molar-refractivity contribution in [1.82, 2.24) is 5.32 Å². The van der Waals surface area contributed by atoms with E-state index in [1.54, 1.807) is 0 Å². The lowest BCUT2D eigenvalue weighted by Gasteiger charge is -2.14. The van der Waals surface area contributed by atoms with Gasteiger partial charge in [-0.25, -0.2) is 0 Å². The number of hydrogen-bond acceptors (Lipinski definition) is 4. The van der Waals surface area contributed by atoms with Crippen LogP contribution in [0.3, 0.4) is 0 Å². The first kappa shape index (κ1) is 15.5. The minimum Gasteiger partial charge on any atom is -0.394 e. The minimum absolute atomic E-state index is 0.112. The summed E-state index contributed by atoms with van der Waals surface area (Å²) in [5.41, 5.74) is 0. The van der Waals surface area contributed by atoms with Gasteiger partial charge in [0.25, 0.3) is 0 Å². The fourth-order valence-electron chi connectivity index (χ4n) is 1.29. The fourth-order valence-corrected chi connectivity index (χ4v) is 2.26. The highest BCUT2D eigenvalue weighted by atomic mass is 79.9. The monoisotopic (exact) mass is 333 g/mol. The van der Waals surface area contributed by atoms with Gasteiger partial charge in [0.15, 0.2) is 0 Å². The number of ether oxygens (including phenoxy) is 1. The number of carbonyl (C=O) groups is 1. The molecule has 100 valence electrons. The van der Waals surface area contributed by atoms with E-state index < -0.39 is 0 Å². The van der Waals surface area contributed by atoms with Gasteiger partial charge in [-0.2, -0.15) is 0 Å². The number of hydrogen-bond donors (Lipinski definition) is 2. The lowest BCUT2D eigenvalue weighted by atomic mass is 10.3. The average Bonchev–Trinajstić information content (AvgIpc) is 2.37. The topological polar surface area (TPSA) is 58.6 Å². The first-order chi connectivity index (χ1) is 8.65. The molecule has 2 N–H and O–H groups in total. The predicted molar refractivity (Wildman–Crippen MR) is 75.8 cm³/mol. The van der Waals surface area contributed by atoms with Crippen molar-refractivity contribution in [2.45, 2.75) is 10.9 Å². The quantitative estimate of drug-likeness (QED) is 0.745. The summed E-state index contributed by atoms with van der Waals surface area (Å²) in [4.78, 5) is 12.6. The fraction of sp³-hybridized carbons (Fsp3) is 0.417. The van der Waals surface area contributed by atoms with Crippen molar-refractivity contribution in [2.75, 3.05) is 26.1 Å². The molecule has 0 heterocycles. The van der Waals surface area contributed by atoms with Gasteiger partial charge < -0.3 is 15.2 Å². The van der Waals surface area contributed by atoms with Crippen LogP contribution in [0.4, 0.5) is 0 Å².